The van der Waals surface area contributed by atoms with Crippen LogP contribution >= 0.6 is 0 Å². The summed E-state index contributed by atoms with van der Waals surface area (Å²) in [6.07, 6.45) is 0.822. The molecule has 0 fully saturated rings. The van der Waals surface area contributed by atoms with E-state index >= 15 is 0 Å². The minimum Gasteiger partial charge on any atom is -0.485 e. The van der Waals surface area contributed by atoms with Gasteiger partial charge in [0.05, 0.1) is 11.0 Å². The van der Waals surface area contributed by atoms with Gasteiger partial charge in [-0.05, 0) is 49.7 Å². The number of hydrogen-bond acceptors (Lipinski definition) is 7. The van der Waals surface area contributed by atoms with Gasteiger partial charge in [-0.2, -0.15) is 4.98 Å². The van der Waals surface area contributed by atoms with Crippen molar-refractivity contribution < 1.29 is 18.8 Å². The van der Waals surface area contributed by atoms with E-state index in [0.29, 0.717) is 48.7 Å². The molecular weight excluding hydrogens is 410 g/mol. The Kier molecular flexibility index (Phi) is 6.76. The van der Waals surface area contributed by atoms with Crippen LogP contribution in [0.3, 0.4) is 0 Å². The Bertz CT molecular complexity index is 1180. The van der Waals surface area contributed by atoms with Crippen molar-refractivity contribution in [3.8, 4) is 5.75 Å². The SMILES string of the molecule is CCOCCCn1c(NC(=O)c2ccc(OCc3noc(C)n3)cc2)nc2ccccc21. The zero-order valence-corrected chi connectivity index (χ0v) is 18.1. The molecule has 2 aromatic heterocycles. The van der Waals surface area contributed by atoms with Crippen molar-refractivity contribution in [2.45, 2.75) is 33.4 Å². The molecule has 0 saturated heterocycles. The second kappa shape index (κ2) is 10.1. The normalized spacial score (nSPS) is 11.1. The fourth-order valence-electron chi connectivity index (χ4n) is 3.29. The minimum atomic E-state index is -0.244. The molecule has 0 aliphatic carbocycles. The van der Waals surface area contributed by atoms with Crippen LogP contribution < -0.4 is 10.1 Å². The summed E-state index contributed by atoms with van der Waals surface area (Å²) >= 11 is 0. The number of rotatable bonds is 10. The van der Waals surface area contributed by atoms with Crippen molar-refractivity contribution in [1.29, 1.82) is 0 Å². The highest BCUT2D eigenvalue weighted by atomic mass is 16.5. The van der Waals surface area contributed by atoms with Gasteiger partial charge in [0.25, 0.3) is 5.91 Å². The highest BCUT2D eigenvalue weighted by molar-refractivity contribution is 6.04. The van der Waals surface area contributed by atoms with Crippen LogP contribution in [0.1, 0.15) is 35.4 Å². The molecule has 0 radical (unpaired) electrons. The first-order valence-electron chi connectivity index (χ1n) is 10.5. The maximum Gasteiger partial charge on any atom is 0.257 e. The van der Waals surface area contributed by atoms with Crippen molar-refractivity contribution >= 4 is 22.9 Å². The number of fused-ring (bicyclic) bond motifs is 1. The molecule has 1 amide bonds. The zero-order valence-electron chi connectivity index (χ0n) is 18.1. The van der Waals surface area contributed by atoms with Crippen molar-refractivity contribution in [3.05, 3.63) is 65.8 Å². The number of imidazole rings is 1. The topological polar surface area (TPSA) is 104 Å². The second-order valence-corrected chi connectivity index (χ2v) is 7.12. The number of hydrogen-bond donors (Lipinski definition) is 1. The van der Waals surface area contributed by atoms with Crippen LogP contribution in [0.4, 0.5) is 5.95 Å². The van der Waals surface area contributed by atoms with Gasteiger partial charge in [0.1, 0.15) is 5.75 Å². The average Bonchev–Trinajstić information content (AvgIpc) is 3.38. The quantitative estimate of drug-likeness (QED) is 0.376. The molecule has 0 atom stereocenters. The minimum absolute atomic E-state index is 0.189. The summed E-state index contributed by atoms with van der Waals surface area (Å²) in [4.78, 5) is 21.5. The number of carbonyl (C=O) groups is 1. The highest BCUT2D eigenvalue weighted by Gasteiger charge is 2.14. The van der Waals surface area contributed by atoms with E-state index in [1.807, 2.05) is 35.8 Å². The second-order valence-electron chi connectivity index (χ2n) is 7.12. The number of nitrogens with zero attached hydrogens (tertiary/aromatic N) is 4. The molecule has 0 aliphatic rings. The molecule has 0 saturated carbocycles. The first-order chi connectivity index (χ1) is 15.6. The Morgan fingerprint density at radius 2 is 1.94 bits per heavy atom. The maximum absolute atomic E-state index is 12.9. The van der Waals surface area contributed by atoms with Gasteiger partial charge in [0.15, 0.2) is 6.61 Å². The third-order valence-corrected chi connectivity index (χ3v) is 4.81. The Labute approximate surface area is 185 Å². The summed E-state index contributed by atoms with van der Waals surface area (Å²) in [5.41, 5.74) is 2.31. The molecule has 0 bridgehead atoms. The molecule has 4 aromatic rings. The van der Waals surface area contributed by atoms with Crippen LogP contribution in [0.25, 0.3) is 11.0 Å². The van der Waals surface area contributed by atoms with Crippen molar-refractivity contribution in [3.63, 3.8) is 0 Å². The third-order valence-electron chi connectivity index (χ3n) is 4.81. The number of para-hydroxylation sites is 2. The first-order valence-corrected chi connectivity index (χ1v) is 10.5. The van der Waals surface area contributed by atoms with E-state index in [1.54, 1.807) is 31.2 Å². The van der Waals surface area contributed by atoms with E-state index in [9.17, 15) is 4.79 Å². The van der Waals surface area contributed by atoms with E-state index in [4.69, 9.17) is 14.0 Å². The number of amides is 1. The third kappa shape index (κ3) is 5.12. The number of carbonyl (C=O) groups excluding carboxylic acids is 1. The van der Waals surface area contributed by atoms with Gasteiger partial charge in [0, 0.05) is 32.2 Å². The van der Waals surface area contributed by atoms with Crippen LogP contribution in [0.5, 0.6) is 5.75 Å². The lowest BCUT2D eigenvalue weighted by molar-refractivity contribution is 0.102. The summed E-state index contributed by atoms with van der Waals surface area (Å²) in [6.45, 7) is 5.91. The number of aryl methyl sites for hydroxylation is 2. The van der Waals surface area contributed by atoms with Gasteiger partial charge >= 0.3 is 0 Å². The molecule has 2 aromatic carbocycles. The first kappa shape index (κ1) is 21.5. The average molecular weight is 435 g/mol. The van der Waals surface area contributed by atoms with Crippen LogP contribution in [-0.2, 0) is 17.9 Å². The lowest BCUT2D eigenvalue weighted by atomic mass is 10.2. The van der Waals surface area contributed by atoms with Gasteiger partial charge in [0.2, 0.25) is 17.7 Å². The Morgan fingerprint density at radius 1 is 1.12 bits per heavy atom. The number of aromatic nitrogens is 4. The lowest BCUT2D eigenvalue weighted by Gasteiger charge is -2.11. The molecule has 1 N–H and O–H groups in total. The molecule has 0 spiro atoms. The van der Waals surface area contributed by atoms with Crippen LogP contribution in [0, 0.1) is 6.92 Å². The van der Waals surface area contributed by atoms with Crippen molar-refractivity contribution in [2.24, 2.45) is 0 Å². The fourth-order valence-corrected chi connectivity index (χ4v) is 3.29. The van der Waals surface area contributed by atoms with Gasteiger partial charge < -0.3 is 18.6 Å². The van der Waals surface area contributed by atoms with Gasteiger partial charge in [-0.3, -0.25) is 10.1 Å². The summed E-state index contributed by atoms with van der Waals surface area (Å²) in [5, 5.41) is 6.72. The molecule has 2 heterocycles. The molecule has 32 heavy (non-hydrogen) atoms. The predicted octanol–water partition coefficient (Wildman–Crippen LogP) is 3.99. The van der Waals surface area contributed by atoms with Crippen molar-refractivity contribution in [1.82, 2.24) is 19.7 Å². The summed E-state index contributed by atoms with van der Waals surface area (Å²) in [5.74, 6) is 1.83. The van der Waals surface area contributed by atoms with Gasteiger partial charge in [-0.1, -0.05) is 17.3 Å². The molecule has 4 rings (SSSR count). The van der Waals surface area contributed by atoms with E-state index in [2.05, 4.69) is 20.4 Å². The summed E-state index contributed by atoms with van der Waals surface area (Å²) in [7, 11) is 0. The monoisotopic (exact) mass is 435 g/mol. The Balaban J connectivity index is 1.43. The van der Waals surface area contributed by atoms with E-state index in [1.165, 1.54) is 0 Å². The smallest absolute Gasteiger partial charge is 0.257 e. The number of ether oxygens (including phenoxy) is 2. The molecule has 166 valence electrons. The Hall–Kier alpha value is -3.72. The van der Waals surface area contributed by atoms with Crippen LogP contribution in [0.15, 0.2) is 53.1 Å². The van der Waals surface area contributed by atoms with Gasteiger partial charge in [-0.15, -0.1) is 0 Å². The highest BCUT2D eigenvalue weighted by Crippen LogP contribution is 2.21. The largest absolute Gasteiger partial charge is 0.485 e. The van der Waals surface area contributed by atoms with E-state index < -0.39 is 0 Å². The number of benzene rings is 2. The van der Waals surface area contributed by atoms with Crippen LogP contribution in [0.2, 0.25) is 0 Å². The van der Waals surface area contributed by atoms with Gasteiger partial charge in [-0.25, -0.2) is 4.98 Å². The van der Waals surface area contributed by atoms with E-state index in [-0.39, 0.29) is 12.5 Å². The molecule has 9 heteroatoms. The van der Waals surface area contributed by atoms with Crippen molar-refractivity contribution in [2.75, 3.05) is 18.5 Å². The lowest BCUT2D eigenvalue weighted by Crippen LogP contribution is -2.16. The molecule has 0 unspecified atom stereocenters. The molecular formula is C23H25N5O4. The molecule has 0 aliphatic heterocycles. The maximum atomic E-state index is 12.9. The fraction of sp³-hybridized carbons (Fsp3) is 0.304. The summed E-state index contributed by atoms with van der Waals surface area (Å²) < 4.78 is 18.0. The number of anilines is 1. The van der Waals surface area contributed by atoms with E-state index in [0.717, 1.165) is 17.5 Å². The zero-order chi connectivity index (χ0) is 22.3. The number of nitrogens with one attached hydrogen (secondary N) is 1. The molecule has 9 nitrogen and oxygen atoms in total. The Morgan fingerprint density at radius 3 is 2.69 bits per heavy atom. The summed E-state index contributed by atoms with van der Waals surface area (Å²) in [6, 6.07) is 14.7. The standard InChI is InChI=1S/C23H25N5O4/c1-3-30-14-6-13-28-20-8-5-4-7-19(20)25-23(28)26-22(29)17-9-11-18(12-10-17)31-15-21-24-16(2)32-27-21/h4-5,7-12H,3,6,13-15H2,1-2H3,(H,25,26,29). The predicted molar refractivity (Wildman–Crippen MR) is 119 cm³/mol. The van der Waals surface area contributed by atoms with Crippen LogP contribution in [-0.4, -0.2) is 38.8 Å².